The molecule has 1 fully saturated rings. The van der Waals surface area contributed by atoms with Crippen molar-refractivity contribution in [3.63, 3.8) is 0 Å². The first-order chi connectivity index (χ1) is 6.90. The largest absolute Gasteiger partial charge is 0.390 e. The average Bonchev–Trinajstić information content (AvgIpc) is 2.14. The zero-order valence-corrected chi connectivity index (χ0v) is 10.8. The first kappa shape index (κ1) is 13.0. The Bertz CT molecular complexity index is 185. The van der Waals surface area contributed by atoms with E-state index in [9.17, 15) is 5.11 Å². The third kappa shape index (κ3) is 4.52. The van der Waals surface area contributed by atoms with E-state index >= 15 is 0 Å². The Labute approximate surface area is 94.7 Å². The van der Waals surface area contributed by atoms with Crippen molar-refractivity contribution >= 4 is 0 Å². The van der Waals surface area contributed by atoms with Gasteiger partial charge in [-0.05, 0) is 46.1 Å². The van der Waals surface area contributed by atoms with Gasteiger partial charge in [-0.25, -0.2) is 0 Å². The predicted octanol–water partition coefficient (Wildman–Crippen LogP) is 2.66. The molecule has 0 amide bonds. The molecule has 0 saturated heterocycles. The number of aliphatic hydroxyl groups is 1. The Balaban J connectivity index is 2.35. The van der Waals surface area contributed by atoms with Crippen LogP contribution < -0.4 is 0 Å². The van der Waals surface area contributed by atoms with Crippen LogP contribution >= 0.6 is 0 Å². The molecule has 0 heterocycles. The van der Waals surface area contributed by atoms with Crippen molar-refractivity contribution < 1.29 is 5.11 Å². The summed E-state index contributed by atoms with van der Waals surface area (Å²) in [7, 11) is 2.21. The SMILES string of the molecule is CC1CCCCC1N(C)CCC(C)(C)O. The number of rotatable bonds is 4. The monoisotopic (exact) mass is 213 g/mol. The lowest BCUT2D eigenvalue weighted by molar-refractivity contribution is 0.0464. The molecule has 2 unspecified atom stereocenters. The molecule has 0 aromatic heterocycles. The summed E-state index contributed by atoms with van der Waals surface area (Å²) in [5.41, 5.74) is -0.522. The van der Waals surface area contributed by atoms with Gasteiger partial charge in [0.15, 0.2) is 0 Å². The Hall–Kier alpha value is -0.0800. The summed E-state index contributed by atoms with van der Waals surface area (Å²) in [6, 6.07) is 0.737. The maximum absolute atomic E-state index is 9.70. The van der Waals surface area contributed by atoms with E-state index < -0.39 is 5.60 Å². The smallest absolute Gasteiger partial charge is 0.0603 e. The van der Waals surface area contributed by atoms with Gasteiger partial charge in [0.25, 0.3) is 0 Å². The minimum Gasteiger partial charge on any atom is -0.390 e. The van der Waals surface area contributed by atoms with Crippen LogP contribution in [0, 0.1) is 5.92 Å². The van der Waals surface area contributed by atoms with Gasteiger partial charge in [-0.15, -0.1) is 0 Å². The van der Waals surface area contributed by atoms with E-state index in [-0.39, 0.29) is 0 Å². The van der Waals surface area contributed by atoms with E-state index in [1.54, 1.807) is 0 Å². The van der Waals surface area contributed by atoms with Crippen LogP contribution in [0.3, 0.4) is 0 Å². The van der Waals surface area contributed by atoms with E-state index in [0.29, 0.717) is 0 Å². The topological polar surface area (TPSA) is 23.5 Å². The van der Waals surface area contributed by atoms with Crippen LogP contribution in [-0.4, -0.2) is 35.2 Å². The van der Waals surface area contributed by atoms with Crippen molar-refractivity contribution in [3.8, 4) is 0 Å². The lowest BCUT2D eigenvalue weighted by Crippen LogP contribution is -2.41. The van der Waals surface area contributed by atoms with Gasteiger partial charge >= 0.3 is 0 Å². The third-order valence-electron chi connectivity index (χ3n) is 3.71. The third-order valence-corrected chi connectivity index (χ3v) is 3.71. The van der Waals surface area contributed by atoms with E-state index in [4.69, 9.17) is 0 Å². The lowest BCUT2D eigenvalue weighted by atomic mass is 9.85. The van der Waals surface area contributed by atoms with Crippen molar-refractivity contribution in [2.24, 2.45) is 5.92 Å². The average molecular weight is 213 g/mol. The fourth-order valence-corrected chi connectivity index (χ4v) is 2.57. The van der Waals surface area contributed by atoms with Gasteiger partial charge in [-0.3, -0.25) is 0 Å². The van der Waals surface area contributed by atoms with E-state index in [2.05, 4.69) is 18.9 Å². The van der Waals surface area contributed by atoms with Crippen molar-refractivity contribution in [3.05, 3.63) is 0 Å². The number of hydrogen-bond acceptors (Lipinski definition) is 2. The maximum atomic E-state index is 9.70. The molecule has 0 bridgehead atoms. The van der Waals surface area contributed by atoms with Gasteiger partial charge in [0.1, 0.15) is 0 Å². The summed E-state index contributed by atoms with van der Waals surface area (Å²) >= 11 is 0. The van der Waals surface area contributed by atoms with Crippen LogP contribution in [0.1, 0.15) is 52.9 Å². The van der Waals surface area contributed by atoms with Crippen LogP contribution in [0.5, 0.6) is 0 Å². The molecule has 2 heteroatoms. The van der Waals surface area contributed by atoms with Crippen molar-refractivity contribution in [1.82, 2.24) is 4.90 Å². The zero-order valence-electron chi connectivity index (χ0n) is 10.8. The molecule has 2 nitrogen and oxygen atoms in total. The summed E-state index contributed by atoms with van der Waals surface area (Å²) in [6.45, 7) is 7.17. The molecule has 0 radical (unpaired) electrons. The summed E-state index contributed by atoms with van der Waals surface area (Å²) in [4.78, 5) is 2.45. The predicted molar refractivity (Wildman–Crippen MR) is 65.0 cm³/mol. The highest BCUT2D eigenvalue weighted by atomic mass is 16.3. The first-order valence-electron chi connectivity index (χ1n) is 6.33. The highest BCUT2D eigenvalue weighted by Gasteiger charge is 2.25. The van der Waals surface area contributed by atoms with Gasteiger partial charge in [-0.2, -0.15) is 0 Å². The molecule has 0 aromatic carbocycles. The molecule has 1 rings (SSSR count). The second-order valence-electron chi connectivity index (χ2n) is 5.87. The van der Waals surface area contributed by atoms with E-state index in [1.165, 1.54) is 25.7 Å². The molecule has 15 heavy (non-hydrogen) atoms. The fraction of sp³-hybridized carbons (Fsp3) is 1.00. The molecule has 0 aliphatic heterocycles. The van der Waals surface area contributed by atoms with Gasteiger partial charge in [0.05, 0.1) is 5.60 Å². The Morgan fingerprint density at radius 3 is 2.40 bits per heavy atom. The quantitative estimate of drug-likeness (QED) is 0.776. The minimum atomic E-state index is -0.522. The molecule has 90 valence electrons. The van der Waals surface area contributed by atoms with Crippen molar-refractivity contribution in [2.75, 3.05) is 13.6 Å². The van der Waals surface area contributed by atoms with Gasteiger partial charge < -0.3 is 10.0 Å². The molecule has 1 aliphatic rings. The van der Waals surface area contributed by atoms with Crippen LogP contribution in [0.2, 0.25) is 0 Å². The van der Waals surface area contributed by atoms with E-state index in [1.807, 2.05) is 13.8 Å². The summed E-state index contributed by atoms with van der Waals surface area (Å²) in [6.07, 6.45) is 6.35. The van der Waals surface area contributed by atoms with Crippen molar-refractivity contribution in [1.29, 1.82) is 0 Å². The number of nitrogens with zero attached hydrogens (tertiary/aromatic N) is 1. The van der Waals surface area contributed by atoms with Crippen LogP contribution in [0.25, 0.3) is 0 Å². The molecule has 2 atom stereocenters. The first-order valence-corrected chi connectivity index (χ1v) is 6.33. The maximum Gasteiger partial charge on any atom is 0.0603 e. The molecular formula is C13H27NO. The zero-order chi connectivity index (χ0) is 11.5. The molecule has 1 aliphatic carbocycles. The van der Waals surface area contributed by atoms with Gasteiger partial charge in [0, 0.05) is 12.6 Å². The van der Waals surface area contributed by atoms with Gasteiger partial charge in [-0.1, -0.05) is 19.8 Å². The second-order valence-corrected chi connectivity index (χ2v) is 5.87. The van der Waals surface area contributed by atoms with Crippen LogP contribution in [0.15, 0.2) is 0 Å². The normalized spacial score (nSPS) is 28.4. The van der Waals surface area contributed by atoms with Crippen LogP contribution in [-0.2, 0) is 0 Å². The second kappa shape index (κ2) is 5.31. The van der Waals surface area contributed by atoms with Gasteiger partial charge in [0.2, 0.25) is 0 Å². The minimum absolute atomic E-state index is 0.522. The molecular weight excluding hydrogens is 186 g/mol. The summed E-state index contributed by atoms with van der Waals surface area (Å²) in [5.74, 6) is 0.825. The number of hydrogen-bond donors (Lipinski definition) is 1. The van der Waals surface area contributed by atoms with Crippen molar-refractivity contribution in [2.45, 2.75) is 64.5 Å². The molecule has 1 N–H and O–H groups in total. The van der Waals surface area contributed by atoms with E-state index in [0.717, 1.165) is 24.9 Å². The lowest BCUT2D eigenvalue weighted by Gasteiger charge is -2.37. The van der Waals surface area contributed by atoms with Crippen LogP contribution in [0.4, 0.5) is 0 Å². The Kier molecular flexibility index (Phi) is 4.60. The summed E-state index contributed by atoms with van der Waals surface area (Å²) in [5, 5.41) is 9.70. The fourth-order valence-electron chi connectivity index (χ4n) is 2.57. The Morgan fingerprint density at radius 2 is 1.87 bits per heavy atom. The highest BCUT2D eigenvalue weighted by molar-refractivity contribution is 4.80. The molecule has 0 spiro atoms. The molecule has 1 saturated carbocycles. The molecule has 0 aromatic rings. The Morgan fingerprint density at radius 1 is 1.27 bits per heavy atom. The highest BCUT2D eigenvalue weighted by Crippen LogP contribution is 2.27. The summed E-state index contributed by atoms with van der Waals surface area (Å²) < 4.78 is 0. The standard InChI is InChI=1S/C13H27NO/c1-11-7-5-6-8-12(11)14(4)10-9-13(2,3)15/h11-12,15H,5-10H2,1-4H3.